The highest BCUT2D eigenvalue weighted by Crippen LogP contribution is 2.22. The number of para-hydroxylation sites is 1. The first kappa shape index (κ1) is 14.3. The third-order valence-corrected chi connectivity index (χ3v) is 4.33. The van der Waals surface area contributed by atoms with E-state index in [9.17, 15) is 8.42 Å². The van der Waals surface area contributed by atoms with Crippen molar-refractivity contribution in [2.24, 2.45) is 0 Å². The van der Waals surface area contributed by atoms with E-state index in [0.717, 1.165) is 6.54 Å². The maximum atomic E-state index is 12.2. The predicted octanol–water partition coefficient (Wildman–Crippen LogP) is -0.0381. The van der Waals surface area contributed by atoms with Gasteiger partial charge < -0.3 is 14.8 Å². The second-order valence-corrected chi connectivity index (χ2v) is 5.94. The predicted molar refractivity (Wildman–Crippen MR) is 70.8 cm³/mol. The number of ether oxygens (including phenoxy) is 2. The molecular weight excluding hydrogens is 268 g/mol. The molecule has 106 valence electrons. The molecule has 2 rings (SSSR count). The Kier molecular flexibility index (Phi) is 4.76. The third kappa shape index (κ3) is 3.66. The summed E-state index contributed by atoms with van der Waals surface area (Å²) in [5, 5.41) is 3.15. The van der Waals surface area contributed by atoms with Gasteiger partial charge in [-0.2, -0.15) is 0 Å². The van der Waals surface area contributed by atoms with Crippen LogP contribution >= 0.6 is 0 Å². The van der Waals surface area contributed by atoms with Crippen molar-refractivity contribution in [3.63, 3.8) is 0 Å². The Morgan fingerprint density at radius 2 is 2.26 bits per heavy atom. The summed E-state index contributed by atoms with van der Waals surface area (Å²) in [5.41, 5.74) is 0. The molecule has 1 aliphatic rings. The van der Waals surface area contributed by atoms with Crippen LogP contribution in [-0.2, 0) is 14.8 Å². The molecule has 0 bridgehead atoms. The zero-order valence-electron chi connectivity index (χ0n) is 10.8. The number of nitrogens with one attached hydrogen (secondary N) is 2. The summed E-state index contributed by atoms with van der Waals surface area (Å²) in [4.78, 5) is 0.140. The molecule has 0 amide bonds. The average Bonchev–Trinajstić information content (AvgIpc) is 2.46. The molecule has 0 aliphatic carbocycles. The monoisotopic (exact) mass is 286 g/mol. The summed E-state index contributed by atoms with van der Waals surface area (Å²) in [6, 6.07) is 6.52. The lowest BCUT2D eigenvalue weighted by Crippen LogP contribution is -2.45. The zero-order valence-corrected chi connectivity index (χ0v) is 11.6. The van der Waals surface area contributed by atoms with Gasteiger partial charge in [-0.05, 0) is 12.1 Å². The van der Waals surface area contributed by atoms with E-state index in [1.807, 2.05) is 0 Å². The molecule has 1 aromatic rings. The molecule has 1 heterocycles. The second kappa shape index (κ2) is 6.33. The standard InChI is InChI=1S/C12H18N2O4S/c1-17-11-4-2-3-5-12(11)19(15,16)14-9-10-8-13-6-7-18-10/h2-5,10,13-14H,6-9H2,1H3. The quantitative estimate of drug-likeness (QED) is 0.794. The van der Waals surface area contributed by atoms with E-state index < -0.39 is 10.0 Å². The van der Waals surface area contributed by atoms with Crippen LogP contribution in [0.3, 0.4) is 0 Å². The van der Waals surface area contributed by atoms with Crippen LogP contribution in [0.4, 0.5) is 0 Å². The normalized spacial score (nSPS) is 20.2. The van der Waals surface area contributed by atoms with Gasteiger partial charge in [0.1, 0.15) is 10.6 Å². The van der Waals surface area contributed by atoms with Crippen molar-refractivity contribution in [1.82, 2.24) is 10.0 Å². The first-order chi connectivity index (χ1) is 9.13. The van der Waals surface area contributed by atoms with Crippen LogP contribution in [0.25, 0.3) is 0 Å². The van der Waals surface area contributed by atoms with E-state index >= 15 is 0 Å². The fourth-order valence-electron chi connectivity index (χ4n) is 1.87. The van der Waals surface area contributed by atoms with Crippen molar-refractivity contribution in [2.45, 2.75) is 11.0 Å². The lowest BCUT2D eigenvalue weighted by molar-refractivity contribution is 0.0324. The Hall–Kier alpha value is -1.15. The molecular formula is C12H18N2O4S. The highest BCUT2D eigenvalue weighted by atomic mass is 32.2. The van der Waals surface area contributed by atoms with Gasteiger partial charge in [0.2, 0.25) is 10.0 Å². The van der Waals surface area contributed by atoms with Gasteiger partial charge >= 0.3 is 0 Å². The molecule has 1 aliphatic heterocycles. The van der Waals surface area contributed by atoms with E-state index in [0.29, 0.717) is 18.9 Å². The van der Waals surface area contributed by atoms with Gasteiger partial charge in [0.05, 0.1) is 19.8 Å². The number of hydrogen-bond donors (Lipinski definition) is 2. The van der Waals surface area contributed by atoms with Crippen LogP contribution in [-0.4, -0.2) is 47.9 Å². The van der Waals surface area contributed by atoms with Gasteiger partial charge in [-0.15, -0.1) is 0 Å². The van der Waals surface area contributed by atoms with E-state index in [1.54, 1.807) is 18.2 Å². The first-order valence-electron chi connectivity index (χ1n) is 6.08. The largest absolute Gasteiger partial charge is 0.495 e. The molecule has 1 unspecified atom stereocenters. The van der Waals surface area contributed by atoms with Crippen molar-refractivity contribution < 1.29 is 17.9 Å². The molecule has 7 heteroatoms. The first-order valence-corrected chi connectivity index (χ1v) is 7.57. The Balaban J connectivity index is 2.05. The lowest BCUT2D eigenvalue weighted by Gasteiger charge is -2.23. The minimum atomic E-state index is -3.59. The number of morpholine rings is 1. The molecule has 2 N–H and O–H groups in total. The van der Waals surface area contributed by atoms with Crippen molar-refractivity contribution in [2.75, 3.05) is 33.4 Å². The number of hydrogen-bond acceptors (Lipinski definition) is 5. The molecule has 1 aromatic carbocycles. The Bertz CT molecular complexity index is 512. The van der Waals surface area contributed by atoms with Gasteiger partial charge in [0.15, 0.2) is 0 Å². The Morgan fingerprint density at radius 3 is 2.95 bits per heavy atom. The number of benzene rings is 1. The zero-order chi connectivity index (χ0) is 13.7. The molecule has 0 radical (unpaired) electrons. The minimum absolute atomic E-state index is 0.140. The van der Waals surface area contributed by atoms with Crippen molar-refractivity contribution in [3.8, 4) is 5.75 Å². The number of rotatable bonds is 5. The molecule has 1 saturated heterocycles. The molecule has 1 fully saturated rings. The SMILES string of the molecule is COc1ccccc1S(=O)(=O)NCC1CNCCO1. The van der Waals surface area contributed by atoms with Gasteiger partial charge in [-0.3, -0.25) is 0 Å². The van der Waals surface area contributed by atoms with E-state index in [4.69, 9.17) is 9.47 Å². The maximum absolute atomic E-state index is 12.2. The highest BCUT2D eigenvalue weighted by Gasteiger charge is 2.21. The van der Waals surface area contributed by atoms with Crippen LogP contribution in [0.5, 0.6) is 5.75 Å². The average molecular weight is 286 g/mol. The Labute approximate surface area is 113 Å². The van der Waals surface area contributed by atoms with E-state index in [-0.39, 0.29) is 17.5 Å². The van der Waals surface area contributed by atoms with Crippen molar-refractivity contribution in [1.29, 1.82) is 0 Å². The number of methoxy groups -OCH3 is 1. The van der Waals surface area contributed by atoms with Gasteiger partial charge in [-0.1, -0.05) is 12.1 Å². The van der Waals surface area contributed by atoms with Crippen molar-refractivity contribution in [3.05, 3.63) is 24.3 Å². The van der Waals surface area contributed by atoms with E-state index in [2.05, 4.69) is 10.0 Å². The number of sulfonamides is 1. The summed E-state index contributed by atoms with van der Waals surface area (Å²) in [6.45, 7) is 2.29. The fraction of sp³-hybridized carbons (Fsp3) is 0.500. The molecule has 0 spiro atoms. The highest BCUT2D eigenvalue weighted by molar-refractivity contribution is 7.89. The van der Waals surface area contributed by atoms with Gasteiger partial charge in [0.25, 0.3) is 0 Å². The van der Waals surface area contributed by atoms with E-state index in [1.165, 1.54) is 13.2 Å². The topological polar surface area (TPSA) is 76.7 Å². The summed E-state index contributed by atoms with van der Waals surface area (Å²) in [7, 11) is -2.14. The van der Waals surface area contributed by atoms with Crippen LogP contribution in [0.2, 0.25) is 0 Å². The maximum Gasteiger partial charge on any atom is 0.244 e. The van der Waals surface area contributed by atoms with Crippen LogP contribution in [0.1, 0.15) is 0 Å². The molecule has 6 nitrogen and oxygen atoms in total. The molecule has 19 heavy (non-hydrogen) atoms. The lowest BCUT2D eigenvalue weighted by atomic mass is 10.3. The second-order valence-electron chi connectivity index (χ2n) is 4.20. The summed E-state index contributed by atoms with van der Waals surface area (Å²) in [6.07, 6.45) is -0.141. The molecule has 0 saturated carbocycles. The van der Waals surface area contributed by atoms with Gasteiger partial charge in [0, 0.05) is 19.6 Å². The van der Waals surface area contributed by atoms with Gasteiger partial charge in [-0.25, -0.2) is 13.1 Å². The summed E-state index contributed by atoms with van der Waals surface area (Å²) < 4.78 is 37.4. The summed E-state index contributed by atoms with van der Waals surface area (Å²) in [5.74, 6) is 0.331. The molecule has 0 aromatic heterocycles. The minimum Gasteiger partial charge on any atom is -0.495 e. The van der Waals surface area contributed by atoms with Crippen LogP contribution < -0.4 is 14.8 Å². The van der Waals surface area contributed by atoms with Crippen LogP contribution in [0, 0.1) is 0 Å². The summed E-state index contributed by atoms with van der Waals surface area (Å²) >= 11 is 0. The smallest absolute Gasteiger partial charge is 0.244 e. The fourth-order valence-corrected chi connectivity index (χ4v) is 3.11. The van der Waals surface area contributed by atoms with Crippen molar-refractivity contribution >= 4 is 10.0 Å². The third-order valence-electron chi connectivity index (χ3n) is 2.86. The molecule has 1 atom stereocenters. The van der Waals surface area contributed by atoms with Crippen LogP contribution in [0.15, 0.2) is 29.2 Å². The Morgan fingerprint density at radius 1 is 1.47 bits per heavy atom.